The third kappa shape index (κ3) is 3.60. The van der Waals surface area contributed by atoms with Crippen molar-refractivity contribution < 1.29 is 8.42 Å². The molecule has 0 saturated carbocycles. The fourth-order valence-electron chi connectivity index (χ4n) is 2.61. The summed E-state index contributed by atoms with van der Waals surface area (Å²) in [5.41, 5.74) is 2.08. The first-order valence-electron chi connectivity index (χ1n) is 8.07. The van der Waals surface area contributed by atoms with Gasteiger partial charge in [0.05, 0.1) is 23.5 Å². The highest BCUT2D eigenvalue weighted by Crippen LogP contribution is 2.22. The number of sulfonamides is 1. The second-order valence-electron chi connectivity index (χ2n) is 5.76. The van der Waals surface area contributed by atoms with E-state index in [-0.39, 0.29) is 5.03 Å². The average Bonchev–Trinajstić information content (AvgIpc) is 3.16. The van der Waals surface area contributed by atoms with Crippen LogP contribution < -0.4 is 4.31 Å². The number of hydrogen-bond donors (Lipinski definition) is 0. The quantitative estimate of drug-likeness (QED) is 0.672. The zero-order valence-corrected chi connectivity index (χ0v) is 15.1. The molecule has 0 atom stereocenters. The molecule has 0 unspecified atom stereocenters. The van der Waals surface area contributed by atoms with Crippen LogP contribution in [0.2, 0.25) is 0 Å². The van der Waals surface area contributed by atoms with Gasteiger partial charge in [-0.2, -0.15) is 18.8 Å². The number of hydrogen-bond acceptors (Lipinski definition) is 4. The summed E-state index contributed by atoms with van der Waals surface area (Å²) in [6.45, 7) is 0.465. The fourth-order valence-corrected chi connectivity index (χ4v) is 3.93. The zero-order valence-electron chi connectivity index (χ0n) is 14.3. The monoisotopic (exact) mass is 366 g/mol. The topological polar surface area (TPSA) is 79.0 Å². The fraction of sp³-hybridized carbons (Fsp3) is 0.158. The van der Waals surface area contributed by atoms with Crippen molar-refractivity contribution in [1.82, 2.24) is 9.78 Å². The molecule has 26 heavy (non-hydrogen) atoms. The molecule has 0 aliphatic heterocycles. The molecule has 3 aromatic rings. The number of benzene rings is 2. The molecule has 0 amide bonds. The van der Waals surface area contributed by atoms with E-state index in [4.69, 9.17) is 5.26 Å². The summed E-state index contributed by atoms with van der Waals surface area (Å²) >= 11 is 0. The Morgan fingerprint density at radius 2 is 1.77 bits per heavy atom. The summed E-state index contributed by atoms with van der Waals surface area (Å²) in [5, 5.41) is 13.2. The molecule has 0 spiro atoms. The minimum Gasteiger partial charge on any atom is -0.268 e. The summed E-state index contributed by atoms with van der Waals surface area (Å²) in [6.07, 6.45) is 2.18. The number of aromatic nitrogens is 2. The number of rotatable bonds is 6. The van der Waals surface area contributed by atoms with Crippen LogP contribution in [0.5, 0.6) is 0 Å². The molecule has 0 saturated heterocycles. The van der Waals surface area contributed by atoms with Crippen LogP contribution in [0.3, 0.4) is 0 Å². The third-order valence-corrected chi connectivity index (χ3v) is 5.92. The summed E-state index contributed by atoms with van der Waals surface area (Å²) in [6, 6.07) is 19.8. The van der Waals surface area contributed by atoms with Gasteiger partial charge < -0.3 is 0 Å². The molecule has 0 aliphatic rings. The Morgan fingerprint density at radius 1 is 1.08 bits per heavy atom. The summed E-state index contributed by atoms with van der Waals surface area (Å²) in [7, 11) is -2.26. The van der Waals surface area contributed by atoms with Gasteiger partial charge >= 0.3 is 0 Å². The maximum Gasteiger partial charge on any atom is 0.281 e. The maximum atomic E-state index is 13.0. The normalized spacial score (nSPS) is 11.1. The molecule has 0 N–H and O–H groups in total. The number of aryl methyl sites for hydroxylation is 2. The molecule has 0 fully saturated rings. The van der Waals surface area contributed by atoms with Gasteiger partial charge in [-0.05, 0) is 42.3 Å². The van der Waals surface area contributed by atoms with Crippen LogP contribution in [0.25, 0.3) is 0 Å². The van der Waals surface area contributed by atoms with E-state index in [2.05, 4.69) is 5.10 Å². The molecule has 0 aliphatic carbocycles. The molecule has 2 aromatic carbocycles. The third-order valence-electron chi connectivity index (χ3n) is 4.12. The Morgan fingerprint density at radius 3 is 2.42 bits per heavy atom. The lowest BCUT2D eigenvalue weighted by molar-refractivity contribution is 0.535. The van der Waals surface area contributed by atoms with Crippen LogP contribution in [0.1, 0.15) is 11.1 Å². The highest BCUT2D eigenvalue weighted by atomic mass is 32.2. The molecule has 7 heteroatoms. The molecular weight excluding hydrogens is 348 g/mol. The lowest BCUT2D eigenvalue weighted by Gasteiger charge is -2.20. The molecule has 0 radical (unpaired) electrons. The van der Waals surface area contributed by atoms with Gasteiger partial charge in [-0.25, -0.2) is 0 Å². The maximum absolute atomic E-state index is 13.0. The van der Waals surface area contributed by atoms with Gasteiger partial charge in [0, 0.05) is 13.6 Å². The van der Waals surface area contributed by atoms with Crippen molar-refractivity contribution >= 4 is 15.7 Å². The minimum absolute atomic E-state index is 0.139. The van der Waals surface area contributed by atoms with Gasteiger partial charge in [0.25, 0.3) is 10.0 Å². The second-order valence-corrected chi connectivity index (χ2v) is 7.68. The predicted octanol–water partition coefficient (Wildman–Crippen LogP) is 2.82. The smallest absolute Gasteiger partial charge is 0.268 e. The van der Waals surface area contributed by atoms with Crippen LogP contribution >= 0.6 is 0 Å². The summed E-state index contributed by atoms with van der Waals surface area (Å²) < 4.78 is 28.7. The van der Waals surface area contributed by atoms with Gasteiger partial charge in [-0.1, -0.05) is 30.3 Å². The number of anilines is 1. The Kier molecular flexibility index (Phi) is 5.05. The van der Waals surface area contributed by atoms with Gasteiger partial charge in [0.2, 0.25) is 0 Å². The molecule has 1 heterocycles. The van der Waals surface area contributed by atoms with Gasteiger partial charge in [-0.3, -0.25) is 8.99 Å². The summed E-state index contributed by atoms with van der Waals surface area (Å²) in [4.78, 5) is 0. The van der Waals surface area contributed by atoms with Crippen LogP contribution in [0.15, 0.2) is 71.9 Å². The number of nitriles is 1. The molecule has 132 valence electrons. The Bertz CT molecular complexity index is 1020. The van der Waals surface area contributed by atoms with Crippen molar-refractivity contribution in [2.45, 2.75) is 18.0 Å². The molecule has 0 bridgehead atoms. The summed E-state index contributed by atoms with van der Waals surface area (Å²) in [5.74, 6) is 0. The Labute approximate surface area is 153 Å². The first-order chi connectivity index (χ1) is 12.5. The van der Waals surface area contributed by atoms with E-state index in [0.29, 0.717) is 24.2 Å². The SMILES string of the molecule is CN(c1ccc(C#N)cc1)S(=O)(=O)c1ccnn1CCc1ccccc1. The van der Waals surface area contributed by atoms with Crippen LogP contribution in [0, 0.1) is 11.3 Å². The number of nitrogens with zero attached hydrogens (tertiary/aromatic N) is 4. The van der Waals surface area contributed by atoms with Gasteiger partial charge in [-0.15, -0.1) is 0 Å². The minimum atomic E-state index is -3.75. The highest BCUT2D eigenvalue weighted by Gasteiger charge is 2.25. The first-order valence-corrected chi connectivity index (χ1v) is 9.51. The van der Waals surface area contributed by atoms with E-state index in [9.17, 15) is 8.42 Å². The average molecular weight is 366 g/mol. The van der Waals surface area contributed by atoms with E-state index in [1.54, 1.807) is 24.3 Å². The molecule has 3 rings (SSSR count). The Hall–Kier alpha value is -3.11. The molecule has 6 nitrogen and oxygen atoms in total. The van der Waals surface area contributed by atoms with Crippen molar-refractivity contribution in [3.8, 4) is 6.07 Å². The van der Waals surface area contributed by atoms with Gasteiger partial charge in [0.15, 0.2) is 5.03 Å². The van der Waals surface area contributed by atoms with E-state index in [1.165, 1.54) is 28.3 Å². The second kappa shape index (κ2) is 7.42. The van der Waals surface area contributed by atoms with Crippen LogP contribution in [-0.2, 0) is 23.0 Å². The van der Waals surface area contributed by atoms with E-state index >= 15 is 0 Å². The first kappa shape index (κ1) is 17.7. The zero-order chi connectivity index (χ0) is 18.6. The lowest BCUT2D eigenvalue weighted by atomic mass is 10.1. The molecular formula is C19H18N4O2S. The van der Waals surface area contributed by atoms with E-state index < -0.39 is 10.0 Å². The van der Waals surface area contributed by atoms with Crippen molar-refractivity contribution in [1.29, 1.82) is 5.26 Å². The van der Waals surface area contributed by atoms with Crippen molar-refractivity contribution in [2.75, 3.05) is 11.4 Å². The van der Waals surface area contributed by atoms with Gasteiger partial charge in [0.1, 0.15) is 0 Å². The standard InChI is InChI=1S/C19H18N4O2S/c1-22(18-9-7-17(15-20)8-10-18)26(24,25)19-11-13-21-23(19)14-12-16-5-3-2-4-6-16/h2-11,13H,12,14H2,1H3. The predicted molar refractivity (Wildman–Crippen MR) is 99.1 cm³/mol. The Balaban J connectivity index is 1.83. The highest BCUT2D eigenvalue weighted by molar-refractivity contribution is 7.92. The van der Waals surface area contributed by atoms with E-state index in [1.807, 2.05) is 36.4 Å². The van der Waals surface area contributed by atoms with Crippen LogP contribution in [0.4, 0.5) is 5.69 Å². The lowest BCUT2D eigenvalue weighted by Crippen LogP contribution is -2.29. The van der Waals surface area contributed by atoms with Crippen molar-refractivity contribution in [2.24, 2.45) is 0 Å². The largest absolute Gasteiger partial charge is 0.281 e. The van der Waals surface area contributed by atoms with Crippen LogP contribution in [-0.4, -0.2) is 25.2 Å². The molecule has 1 aromatic heterocycles. The van der Waals surface area contributed by atoms with Crippen molar-refractivity contribution in [3.63, 3.8) is 0 Å². The van der Waals surface area contributed by atoms with Crippen molar-refractivity contribution in [3.05, 3.63) is 78.0 Å². The van der Waals surface area contributed by atoms with E-state index in [0.717, 1.165) is 5.56 Å².